The number of rotatable bonds is 7. The molecule has 106 valence electrons. The quantitative estimate of drug-likeness (QED) is 0.505. The minimum absolute atomic E-state index is 0.243. The lowest BCUT2D eigenvalue weighted by molar-refractivity contribution is -0.109. The molecule has 0 radical (unpaired) electrons. The van der Waals surface area contributed by atoms with Crippen LogP contribution in [0.2, 0.25) is 0 Å². The average molecular weight is 276 g/mol. The predicted molar refractivity (Wildman–Crippen MR) is 73.7 cm³/mol. The highest BCUT2D eigenvalue weighted by atomic mass is 16.5. The van der Waals surface area contributed by atoms with Gasteiger partial charge in [-0.05, 0) is 18.6 Å². The fourth-order valence-corrected chi connectivity index (χ4v) is 1.83. The van der Waals surface area contributed by atoms with E-state index in [4.69, 9.17) is 4.74 Å². The van der Waals surface area contributed by atoms with E-state index in [0.29, 0.717) is 37.4 Å². The third-order valence-electron chi connectivity index (χ3n) is 2.85. The lowest BCUT2D eigenvalue weighted by atomic mass is 10.2. The molecule has 20 heavy (non-hydrogen) atoms. The Kier molecular flexibility index (Phi) is 4.54. The summed E-state index contributed by atoms with van der Waals surface area (Å²) in [7, 11) is 1.58. The van der Waals surface area contributed by atoms with E-state index in [1.165, 1.54) is 0 Å². The van der Waals surface area contributed by atoms with Crippen LogP contribution in [0.25, 0.3) is 10.9 Å². The molecule has 0 saturated carbocycles. The zero-order chi connectivity index (χ0) is 14.4. The molecule has 2 rings (SSSR count). The number of fused-ring (bicyclic) bond motifs is 1. The number of methoxy groups -OCH3 is 1. The number of carbonyl (C=O) groups is 2. The van der Waals surface area contributed by atoms with E-state index in [1.807, 2.05) is 0 Å². The van der Waals surface area contributed by atoms with Crippen LogP contribution in [0.4, 0.5) is 0 Å². The Morgan fingerprint density at radius 2 is 2.30 bits per heavy atom. The number of hydrogen-bond donors (Lipinski definition) is 3. The van der Waals surface area contributed by atoms with Crippen molar-refractivity contribution in [3.8, 4) is 5.75 Å². The number of hydrogen-bond acceptors (Lipinski definition) is 4. The first-order valence-electron chi connectivity index (χ1n) is 6.23. The van der Waals surface area contributed by atoms with Crippen LogP contribution in [0.15, 0.2) is 18.2 Å². The van der Waals surface area contributed by atoms with Crippen molar-refractivity contribution in [3.05, 3.63) is 23.9 Å². The van der Waals surface area contributed by atoms with E-state index in [-0.39, 0.29) is 5.91 Å². The molecule has 2 amide bonds. The summed E-state index contributed by atoms with van der Waals surface area (Å²) < 4.78 is 5.11. The highest BCUT2D eigenvalue weighted by Gasteiger charge is 2.13. The van der Waals surface area contributed by atoms with Crippen LogP contribution in [-0.4, -0.2) is 42.7 Å². The monoisotopic (exact) mass is 276 g/mol. The first-order chi connectivity index (χ1) is 9.76. The maximum atomic E-state index is 12.0. The molecule has 1 aromatic heterocycles. The van der Waals surface area contributed by atoms with Gasteiger partial charge in [-0.25, -0.2) is 0 Å². The van der Waals surface area contributed by atoms with Crippen LogP contribution in [0.1, 0.15) is 16.9 Å². The Bertz CT molecular complexity index is 609. The maximum absolute atomic E-state index is 12.0. The molecule has 2 aromatic rings. The van der Waals surface area contributed by atoms with Gasteiger partial charge in [-0.1, -0.05) is 0 Å². The van der Waals surface area contributed by atoms with E-state index < -0.39 is 0 Å². The number of amides is 2. The van der Waals surface area contributed by atoms with Gasteiger partial charge in [0.1, 0.15) is 5.75 Å². The molecule has 3 N–H and O–H groups in total. The standard InChI is InChI=1S/C13H16N4O3/c1-20-9-3-4-10-11(7-9)16-17-12(10)13(19)15-6-2-5-14-8-18/h3-4,7-8H,2,5-6H2,1H3,(H,14,18)(H,15,19)(H,16,17). The van der Waals surface area contributed by atoms with Crippen molar-refractivity contribution < 1.29 is 14.3 Å². The van der Waals surface area contributed by atoms with Crippen molar-refractivity contribution in [1.29, 1.82) is 0 Å². The fourth-order valence-electron chi connectivity index (χ4n) is 1.83. The zero-order valence-corrected chi connectivity index (χ0v) is 11.1. The molecule has 7 nitrogen and oxygen atoms in total. The van der Waals surface area contributed by atoms with Gasteiger partial charge >= 0.3 is 0 Å². The van der Waals surface area contributed by atoms with E-state index in [0.717, 1.165) is 10.9 Å². The number of nitrogens with zero attached hydrogens (tertiary/aromatic N) is 1. The lowest BCUT2D eigenvalue weighted by Crippen LogP contribution is -2.27. The highest BCUT2D eigenvalue weighted by molar-refractivity contribution is 6.04. The Balaban J connectivity index is 2.01. The van der Waals surface area contributed by atoms with Gasteiger partial charge < -0.3 is 15.4 Å². The van der Waals surface area contributed by atoms with Gasteiger partial charge in [-0.3, -0.25) is 14.7 Å². The molecule has 0 bridgehead atoms. The Hall–Kier alpha value is -2.57. The van der Waals surface area contributed by atoms with Crippen molar-refractivity contribution >= 4 is 23.2 Å². The second-order valence-electron chi connectivity index (χ2n) is 4.17. The van der Waals surface area contributed by atoms with Gasteiger partial charge in [-0.15, -0.1) is 0 Å². The van der Waals surface area contributed by atoms with E-state index in [2.05, 4.69) is 20.8 Å². The molecule has 1 aromatic carbocycles. The number of ether oxygens (including phenoxy) is 1. The minimum atomic E-state index is -0.243. The first-order valence-corrected chi connectivity index (χ1v) is 6.23. The third-order valence-corrected chi connectivity index (χ3v) is 2.85. The Labute approximate surface area is 115 Å². The molecule has 0 aliphatic carbocycles. The van der Waals surface area contributed by atoms with Crippen molar-refractivity contribution in [3.63, 3.8) is 0 Å². The number of nitrogens with one attached hydrogen (secondary N) is 3. The van der Waals surface area contributed by atoms with Gasteiger partial charge in [0, 0.05) is 24.5 Å². The van der Waals surface area contributed by atoms with Crippen LogP contribution in [0, 0.1) is 0 Å². The van der Waals surface area contributed by atoms with E-state index >= 15 is 0 Å². The average Bonchev–Trinajstić information content (AvgIpc) is 2.89. The van der Waals surface area contributed by atoms with E-state index in [9.17, 15) is 9.59 Å². The largest absolute Gasteiger partial charge is 0.497 e. The van der Waals surface area contributed by atoms with Crippen molar-refractivity contribution in [1.82, 2.24) is 20.8 Å². The molecule has 0 spiro atoms. The van der Waals surface area contributed by atoms with Crippen LogP contribution >= 0.6 is 0 Å². The molecule has 0 unspecified atom stereocenters. The summed E-state index contributed by atoms with van der Waals surface area (Å²) >= 11 is 0. The summed E-state index contributed by atoms with van der Waals surface area (Å²) in [6.45, 7) is 1.01. The summed E-state index contributed by atoms with van der Waals surface area (Å²) in [5.41, 5.74) is 1.10. The van der Waals surface area contributed by atoms with Gasteiger partial charge in [0.05, 0.1) is 12.6 Å². The first kappa shape index (κ1) is 13.9. The van der Waals surface area contributed by atoms with Crippen LogP contribution in [0.5, 0.6) is 5.75 Å². The topological polar surface area (TPSA) is 96.1 Å². The Morgan fingerprint density at radius 3 is 3.05 bits per heavy atom. The zero-order valence-electron chi connectivity index (χ0n) is 11.1. The molecule has 0 aliphatic heterocycles. The molecule has 0 aliphatic rings. The molecule has 1 heterocycles. The molecule has 0 saturated heterocycles. The minimum Gasteiger partial charge on any atom is -0.497 e. The highest BCUT2D eigenvalue weighted by Crippen LogP contribution is 2.21. The number of benzene rings is 1. The summed E-state index contributed by atoms with van der Waals surface area (Å²) in [6, 6.07) is 5.36. The molecular formula is C13H16N4O3. The summed E-state index contributed by atoms with van der Waals surface area (Å²) in [6.07, 6.45) is 1.30. The lowest BCUT2D eigenvalue weighted by Gasteiger charge is -2.03. The normalized spacial score (nSPS) is 10.2. The molecule has 0 atom stereocenters. The van der Waals surface area contributed by atoms with Crippen LogP contribution < -0.4 is 15.4 Å². The Morgan fingerprint density at radius 1 is 1.45 bits per heavy atom. The second kappa shape index (κ2) is 6.55. The molecule has 0 fully saturated rings. The summed E-state index contributed by atoms with van der Waals surface area (Å²) in [4.78, 5) is 22.1. The molecular weight excluding hydrogens is 260 g/mol. The van der Waals surface area contributed by atoms with Crippen molar-refractivity contribution in [2.24, 2.45) is 0 Å². The second-order valence-corrected chi connectivity index (χ2v) is 4.17. The SMILES string of the molecule is COc1ccc2c(C(=O)NCCCNC=O)n[nH]c2c1. The van der Waals surface area contributed by atoms with Crippen molar-refractivity contribution in [2.75, 3.05) is 20.2 Å². The van der Waals surface area contributed by atoms with Gasteiger partial charge in [0.25, 0.3) is 5.91 Å². The van der Waals surface area contributed by atoms with Crippen molar-refractivity contribution in [2.45, 2.75) is 6.42 Å². The number of aromatic amines is 1. The number of aromatic nitrogens is 2. The number of carbonyl (C=O) groups excluding carboxylic acids is 2. The third kappa shape index (κ3) is 3.05. The predicted octanol–water partition coefficient (Wildman–Crippen LogP) is 0.437. The van der Waals surface area contributed by atoms with E-state index in [1.54, 1.807) is 25.3 Å². The fraction of sp³-hybridized carbons (Fsp3) is 0.308. The summed E-state index contributed by atoms with van der Waals surface area (Å²) in [5, 5.41) is 12.9. The van der Waals surface area contributed by atoms with Crippen LogP contribution in [-0.2, 0) is 4.79 Å². The molecule has 7 heteroatoms. The maximum Gasteiger partial charge on any atom is 0.272 e. The van der Waals surface area contributed by atoms with Gasteiger partial charge in [-0.2, -0.15) is 5.10 Å². The summed E-state index contributed by atoms with van der Waals surface area (Å²) in [5.74, 6) is 0.459. The van der Waals surface area contributed by atoms with Gasteiger partial charge in [0.15, 0.2) is 5.69 Å². The van der Waals surface area contributed by atoms with Crippen LogP contribution in [0.3, 0.4) is 0 Å². The number of H-pyrrole nitrogens is 1. The van der Waals surface area contributed by atoms with Gasteiger partial charge in [0.2, 0.25) is 6.41 Å². The smallest absolute Gasteiger partial charge is 0.272 e.